The normalized spacial score (nSPS) is 12.8. The fourth-order valence-corrected chi connectivity index (χ4v) is 16.8. The maximum atomic E-state index is 2.71. The van der Waals surface area contributed by atoms with Gasteiger partial charge in [-0.3, -0.25) is 0 Å². The van der Waals surface area contributed by atoms with E-state index in [9.17, 15) is 0 Å². The molecule has 4 aliphatic rings. The van der Waals surface area contributed by atoms with Crippen LogP contribution in [-0.4, -0.2) is 13.4 Å². The Morgan fingerprint density at radius 1 is 0.214 bits per heavy atom. The fraction of sp³-hybridized carbons (Fsp3) is 0.0732. The van der Waals surface area contributed by atoms with Crippen molar-refractivity contribution < 1.29 is 0 Å². The van der Waals surface area contributed by atoms with Crippen LogP contribution in [0.25, 0.3) is 144 Å². The second kappa shape index (κ2) is 17.4. The summed E-state index contributed by atoms with van der Waals surface area (Å²) in [6.07, 6.45) is 0. The molecule has 4 aliphatic heterocycles. The molecule has 0 aromatic heterocycles. The maximum absolute atomic E-state index is 2.71. The number of fused-ring (bicyclic) bond motifs is 10. The van der Waals surface area contributed by atoms with Crippen molar-refractivity contribution in [3.8, 4) is 111 Å². The first kappa shape index (κ1) is 47.8. The molecule has 14 aromatic carbocycles. The largest absolute Gasteiger partial charge is 0.244 e. The van der Waals surface area contributed by atoms with Crippen molar-refractivity contribution in [2.45, 2.75) is 41.5 Å². The lowest BCUT2D eigenvalue weighted by molar-refractivity contribution is 1.32. The quantitative estimate of drug-likeness (QED) is 0.115. The van der Waals surface area contributed by atoms with Gasteiger partial charge in [-0.25, -0.2) is 0 Å². The molecule has 0 unspecified atom stereocenters. The molecule has 0 amide bonds. The van der Waals surface area contributed by atoms with Gasteiger partial charge in [0.25, 0.3) is 0 Å². The van der Waals surface area contributed by atoms with E-state index in [1.807, 2.05) is 0 Å². The van der Waals surface area contributed by atoms with Crippen LogP contribution in [0.3, 0.4) is 0 Å². The Balaban J connectivity index is 1.05. The van der Waals surface area contributed by atoms with E-state index in [0.717, 1.165) is 0 Å². The highest BCUT2D eigenvalue weighted by molar-refractivity contribution is 7.03. The third kappa shape index (κ3) is 6.57. The standard InChI is InChI=1S/C82H56B2/c1-45-31-47(3)75(48(4)32-45)61-41-63-69-39-57(53-23-15-9-16-24-53)37-67-59-35-56(52-21-13-8-14-22-52)28-30-72(59)84(81(67)69)74-44-66-62(76-49(5)33-46(2)34-50(76)6)42-64-70-40-58(54-25-17-10-18-26-54)38-68-60-36-55(51-19-11-7-12-20-51)27-29-71(60)83(82(68)70)73-43-65(61)79(77(63)74)80(66)78(64)73/h7-44H,1-6H3. The first-order valence-corrected chi connectivity index (χ1v) is 30.0. The van der Waals surface area contributed by atoms with Crippen LogP contribution in [0.4, 0.5) is 0 Å². The highest BCUT2D eigenvalue weighted by Crippen LogP contribution is 2.53. The number of benzene rings is 14. The van der Waals surface area contributed by atoms with E-state index in [2.05, 4.69) is 272 Å². The van der Waals surface area contributed by atoms with E-state index < -0.39 is 0 Å². The van der Waals surface area contributed by atoms with E-state index in [4.69, 9.17) is 0 Å². The lowest BCUT2D eigenvalue weighted by Crippen LogP contribution is -2.53. The monoisotopic (exact) mass is 1060 g/mol. The topological polar surface area (TPSA) is 0 Å². The Labute approximate surface area is 492 Å². The number of aryl methyl sites for hydroxylation is 6. The molecular weight excluding hydrogens is 1010 g/mol. The zero-order chi connectivity index (χ0) is 56.0. The number of hydrogen-bond acceptors (Lipinski definition) is 0. The summed E-state index contributed by atoms with van der Waals surface area (Å²) < 4.78 is 0. The molecule has 14 aromatic rings. The van der Waals surface area contributed by atoms with Crippen molar-refractivity contribution in [1.29, 1.82) is 0 Å². The van der Waals surface area contributed by atoms with Gasteiger partial charge in [0.2, 0.25) is 13.4 Å². The molecule has 0 saturated carbocycles. The molecule has 0 N–H and O–H groups in total. The van der Waals surface area contributed by atoms with Gasteiger partial charge < -0.3 is 0 Å². The predicted molar refractivity (Wildman–Crippen MR) is 362 cm³/mol. The van der Waals surface area contributed by atoms with Gasteiger partial charge in [-0.2, -0.15) is 0 Å². The van der Waals surface area contributed by atoms with Gasteiger partial charge >= 0.3 is 0 Å². The van der Waals surface area contributed by atoms with E-state index in [-0.39, 0.29) is 13.4 Å². The molecular formula is C82H56B2. The molecule has 0 bridgehead atoms. The minimum atomic E-state index is 0.0322. The lowest BCUT2D eigenvalue weighted by atomic mass is 9.34. The first-order chi connectivity index (χ1) is 41.1. The second-order valence-electron chi connectivity index (χ2n) is 24.9. The summed E-state index contributed by atoms with van der Waals surface area (Å²) in [5.74, 6) is 0. The van der Waals surface area contributed by atoms with Crippen molar-refractivity contribution in [2.24, 2.45) is 0 Å². The highest BCUT2D eigenvalue weighted by Gasteiger charge is 2.45. The van der Waals surface area contributed by atoms with Crippen LogP contribution in [-0.2, 0) is 0 Å². The zero-order valence-corrected chi connectivity index (χ0v) is 48.1. The van der Waals surface area contributed by atoms with Crippen molar-refractivity contribution in [2.75, 3.05) is 0 Å². The van der Waals surface area contributed by atoms with Crippen LogP contribution in [0, 0.1) is 41.5 Å². The van der Waals surface area contributed by atoms with Gasteiger partial charge in [-0.1, -0.05) is 226 Å². The molecule has 4 heterocycles. The third-order valence-electron chi connectivity index (χ3n) is 19.9. The van der Waals surface area contributed by atoms with Crippen LogP contribution in [0.1, 0.15) is 33.4 Å². The summed E-state index contributed by atoms with van der Waals surface area (Å²) in [6, 6.07) is 89.4. The van der Waals surface area contributed by atoms with Gasteiger partial charge in [0.15, 0.2) is 0 Å². The minimum Gasteiger partial charge on any atom is -0.0657 e. The Bertz CT molecular complexity index is 4850. The highest BCUT2D eigenvalue weighted by atomic mass is 14.4. The predicted octanol–water partition coefficient (Wildman–Crippen LogP) is 17.4. The molecule has 0 fully saturated rings. The summed E-state index contributed by atoms with van der Waals surface area (Å²) in [4.78, 5) is 0. The van der Waals surface area contributed by atoms with Gasteiger partial charge in [0.1, 0.15) is 0 Å². The molecule has 0 aliphatic carbocycles. The molecule has 0 nitrogen and oxygen atoms in total. The summed E-state index contributed by atoms with van der Waals surface area (Å²) in [5, 5.41) is 8.27. The van der Waals surface area contributed by atoms with Crippen molar-refractivity contribution >= 4 is 78.5 Å². The van der Waals surface area contributed by atoms with Gasteiger partial charge in [0, 0.05) is 0 Å². The van der Waals surface area contributed by atoms with Crippen molar-refractivity contribution in [3.63, 3.8) is 0 Å². The fourth-order valence-electron chi connectivity index (χ4n) is 16.8. The molecule has 84 heavy (non-hydrogen) atoms. The molecule has 0 saturated heterocycles. The van der Waals surface area contributed by atoms with E-state index in [1.165, 1.54) is 210 Å². The molecule has 0 atom stereocenters. The van der Waals surface area contributed by atoms with Crippen molar-refractivity contribution in [1.82, 2.24) is 0 Å². The minimum absolute atomic E-state index is 0.0322. The van der Waals surface area contributed by atoms with Crippen LogP contribution >= 0.6 is 0 Å². The molecule has 2 heteroatoms. The molecule has 390 valence electrons. The van der Waals surface area contributed by atoms with Crippen LogP contribution in [0.2, 0.25) is 0 Å². The summed E-state index contributed by atoms with van der Waals surface area (Å²) in [5.41, 5.74) is 42.3. The number of hydrogen-bond donors (Lipinski definition) is 0. The van der Waals surface area contributed by atoms with Gasteiger partial charge in [-0.05, 0) is 256 Å². The molecule has 0 spiro atoms. The van der Waals surface area contributed by atoms with Crippen molar-refractivity contribution in [3.05, 3.63) is 264 Å². The van der Waals surface area contributed by atoms with Gasteiger partial charge in [-0.15, -0.1) is 0 Å². The SMILES string of the molecule is Cc1cc(C)c(-c2cc3c4c(cc5c(-c6c(C)cc(C)cc6C)cc6c7c(cc2c4c57)B2c4ccc(-c5ccccc5)cc4-c4cc(-c5ccccc5)cc-6c42)B2c4ccc(-c5ccccc5)cc4-c4cc(-c5ccccc5)cc-3c42)c(C)c1. The smallest absolute Gasteiger partial charge is 0.0657 e. The zero-order valence-electron chi connectivity index (χ0n) is 48.1. The molecule has 18 rings (SSSR count). The summed E-state index contributed by atoms with van der Waals surface area (Å²) in [6.45, 7) is 14.0. The Morgan fingerprint density at radius 2 is 0.524 bits per heavy atom. The van der Waals surface area contributed by atoms with Gasteiger partial charge in [0.05, 0.1) is 0 Å². The van der Waals surface area contributed by atoms with Crippen LogP contribution in [0.15, 0.2) is 231 Å². The Morgan fingerprint density at radius 3 is 0.869 bits per heavy atom. The summed E-state index contributed by atoms with van der Waals surface area (Å²) in [7, 11) is 0. The average Bonchev–Trinajstić information content (AvgIpc) is 1.20. The van der Waals surface area contributed by atoms with Crippen LogP contribution < -0.4 is 32.8 Å². The van der Waals surface area contributed by atoms with Crippen LogP contribution in [0.5, 0.6) is 0 Å². The molecule has 0 radical (unpaired) electrons. The lowest BCUT2D eigenvalue weighted by Gasteiger charge is -2.33. The average molecular weight is 1060 g/mol. The van der Waals surface area contributed by atoms with E-state index >= 15 is 0 Å². The van der Waals surface area contributed by atoms with E-state index in [0.29, 0.717) is 0 Å². The van der Waals surface area contributed by atoms with E-state index in [1.54, 1.807) is 0 Å². The maximum Gasteiger partial charge on any atom is 0.244 e. The Hall–Kier alpha value is -9.75. The Kier molecular flexibility index (Phi) is 9.91. The number of rotatable bonds is 6. The second-order valence-corrected chi connectivity index (χ2v) is 24.9. The summed E-state index contributed by atoms with van der Waals surface area (Å²) >= 11 is 0. The first-order valence-electron chi connectivity index (χ1n) is 30.0. The third-order valence-corrected chi connectivity index (χ3v) is 19.9.